The van der Waals surface area contributed by atoms with E-state index in [0.29, 0.717) is 0 Å². The highest BCUT2D eigenvalue weighted by atomic mass is 79.9. The van der Waals surface area contributed by atoms with Gasteiger partial charge in [-0.2, -0.15) is 26.4 Å². The Labute approximate surface area is 188 Å². The first-order valence-electron chi connectivity index (χ1n) is 7.75. The van der Waals surface area contributed by atoms with Gasteiger partial charge in [-0.25, -0.2) is 0 Å². The molecule has 0 heterocycles. The molecule has 0 aliphatic rings. The van der Waals surface area contributed by atoms with Crippen LogP contribution in [-0.4, -0.2) is 14.1 Å². The molecule has 5 nitrogen and oxygen atoms in total. The van der Waals surface area contributed by atoms with Gasteiger partial charge in [0.15, 0.2) is 0 Å². The predicted octanol–water partition coefficient (Wildman–Crippen LogP) is 6.84. The molecule has 1 N–H and O–H groups in total. The number of halogens is 6. The summed E-state index contributed by atoms with van der Waals surface area (Å²) in [5.41, 5.74) is 0.149. The number of nitrogens with zero attached hydrogens (tertiary/aromatic N) is 1. The summed E-state index contributed by atoms with van der Waals surface area (Å²) in [4.78, 5) is 5.28. The van der Waals surface area contributed by atoms with Crippen LogP contribution < -0.4 is 0 Å². The molecule has 2 aromatic carbocycles. The number of benzene rings is 2. The van der Waals surface area contributed by atoms with Gasteiger partial charge in [0.1, 0.15) is 6.61 Å². The lowest BCUT2D eigenvalue weighted by Gasteiger charge is -2.14. The summed E-state index contributed by atoms with van der Waals surface area (Å²) in [5, 5.41) is 4.12. The zero-order chi connectivity index (χ0) is 22.2. The Bertz CT molecular complexity index is 973. The van der Waals surface area contributed by atoms with Gasteiger partial charge in [-0.15, -0.1) is 0 Å². The third-order valence-electron chi connectivity index (χ3n) is 3.26. The molecule has 0 aliphatic heterocycles. The molecule has 0 aliphatic carbocycles. The maximum absolute atomic E-state index is 13.2. The lowest BCUT2D eigenvalue weighted by atomic mass is 10.0. The lowest BCUT2D eigenvalue weighted by molar-refractivity contribution is -0.137. The van der Waals surface area contributed by atoms with Crippen LogP contribution in [0.15, 0.2) is 50.5 Å². The SMILES string of the molecule is CC/C(=N\OCc1cc(Br)cc(Br)c1)c1cc(Cl)ccc1C(F)(F)F.N=S(=O)=O. The van der Waals surface area contributed by atoms with Gasteiger partial charge in [0.2, 0.25) is 0 Å². The Balaban J connectivity index is 0.000000960. The minimum Gasteiger partial charge on any atom is -0.391 e. The zero-order valence-corrected chi connectivity index (χ0v) is 19.5. The van der Waals surface area contributed by atoms with Crippen molar-refractivity contribution >= 4 is 59.7 Å². The summed E-state index contributed by atoms with van der Waals surface area (Å²) >= 11 is 12.6. The summed E-state index contributed by atoms with van der Waals surface area (Å²) in [6, 6.07) is 8.96. The van der Waals surface area contributed by atoms with Crippen molar-refractivity contribution in [2.24, 2.45) is 5.16 Å². The van der Waals surface area contributed by atoms with Gasteiger partial charge in [0.05, 0.1) is 11.3 Å². The van der Waals surface area contributed by atoms with Gasteiger partial charge in [-0.1, -0.05) is 55.5 Å². The van der Waals surface area contributed by atoms with E-state index in [1.165, 1.54) is 12.1 Å². The van der Waals surface area contributed by atoms with E-state index in [2.05, 4.69) is 37.0 Å². The van der Waals surface area contributed by atoms with Gasteiger partial charge in [-0.05, 0) is 48.4 Å². The molecule has 2 aromatic rings. The fraction of sp³-hybridized carbons (Fsp3) is 0.235. The van der Waals surface area contributed by atoms with E-state index in [1.54, 1.807) is 6.92 Å². The maximum Gasteiger partial charge on any atom is 0.417 e. The van der Waals surface area contributed by atoms with Gasteiger partial charge < -0.3 is 4.84 Å². The highest BCUT2D eigenvalue weighted by Gasteiger charge is 2.34. The third kappa shape index (κ3) is 9.28. The fourth-order valence-electron chi connectivity index (χ4n) is 2.19. The normalized spacial score (nSPS) is 11.5. The highest BCUT2D eigenvalue weighted by Crippen LogP contribution is 2.34. The third-order valence-corrected chi connectivity index (χ3v) is 4.41. The van der Waals surface area contributed by atoms with Crippen LogP contribution in [0.4, 0.5) is 13.2 Å². The van der Waals surface area contributed by atoms with Crippen molar-refractivity contribution in [2.45, 2.75) is 26.1 Å². The average Bonchev–Trinajstić information content (AvgIpc) is 2.56. The van der Waals surface area contributed by atoms with Crippen LogP contribution in [-0.2, 0) is 28.1 Å². The van der Waals surface area contributed by atoms with Crippen LogP contribution in [0, 0.1) is 4.78 Å². The van der Waals surface area contributed by atoms with Crippen LogP contribution in [0.5, 0.6) is 0 Å². The zero-order valence-electron chi connectivity index (χ0n) is 14.7. The van der Waals surface area contributed by atoms with Crippen LogP contribution in [0.25, 0.3) is 0 Å². The molecule has 0 atom stereocenters. The molecule has 0 bridgehead atoms. The van der Waals surface area contributed by atoms with Crippen LogP contribution in [0.3, 0.4) is 0 Å². The summed E-state index contributed by atoms with van der Waals surface area (Å²) in [6.45, 7) is 1.84. The quantitative estimate of drug-likeness (QED) is 0.312. The van der Waals surface area contributed by atoms with Crippen molar-refractivity contribution in [1.82, 2.24) is 0 Å². The monoisotopic (exact) mass is 576 g/mol. The minimum absolute atomic E-state index is 0.0714. The maximum atomic E-state index is 13.2. The first-order valence-corrected chi connectivity index (χ1v) is 10.8. The van der Waals surface area contributed by atoms with E-state index in [-0.39, 0.29) is 29.3 Å². The molecule has 29 heavy (non-hydrogen) atoms. The minimum atomic E-state index is -4.50. The van der Waals surface area contributed by atoms with Crippen LogP contribution in [0.2, 0.25) is 5.02 Å². The number of hydrogen-bond donors (Lipinski definition) is 1. The molecular weight excluding hydrogens is 565 g/mol. The van der Waals surface area contributed by atoms with Crippen molar-refractivity contribution < 1.29 is 26.4 Å². The molecule has 0 radical (unpaired) electrons. The average molecular weight is 579 g/mol. The lowest BCUT2D eigenvalue weighted by Crippen LogP contribution is -2.13. The van der Waals surface area contributed by atoms with E-state index in [9.17, 15) is 13.2 Å². The molecule has 0 saturated heterocycles. The van der Waals surface area contributed by atoms with E-state index in [0.717, 1.165) is 20.6 Å². The predicted molar refractivity (Wildman–Crippen MR) is 112 cm³/mol. The number of rotatable bonds is 5. The molecule has 2 rings (SSSR count). The first kappa shape index (κ1) is 25.6. The number of hydrogen-bond acceptors (Lipinski definition) is 5. The largest absolute Gasteiger partial charge is 0.417 e. The fourth-order valence-corrected chi connectivity index (χ4v) is 3.75. The molecule has 0 unspecified atom stereocenters. The summed E-state index contributed by atoms with van der Waals surface area (Å²) < 4.78 is 64.2. The van der Waals surface area contributed by atoms with Gasteiger partial charge in [0.25, 0.3) is 0 Å². The highest BCUT2D eigenvalue weighted by molar-refractivity contribution is 9.11. The van der Waals surface area contributed by atoms with Crippen molar-refractivity contribution in [3.8, 4) is 0 Å². The Hall–Kier alpha value is -1.43. The van der Waals surface area contributed by atoms with E-state index in [1.807, 2.05) is 18.2 Å². The number of oxime groups is 1. The number of nitrogens with one attached hydrogen (secondary N) is 1. The number of alkyl halides is 3. The van der Waals surface area contributed by atoms with E-state index < -0.39 is 22.2 Å². The Morgan fingerprint density at radius 3 is 2.21 bits per heavy atom. The second-order valence-corrected chi connectivity index (χ2v) is 8.10. The van der Waals surface area contributed by atoms with Crippen molar-refractivity contribution in [3.63, 3.8) is 0 Å². The molecule has 0 fully saturated rings. The molecule has 0 spiro atoms. The summed E-state index contributed by atoms with van der Waals surface area (Å²) in [7, 11) is -2.61. The van der Waals surface area contributed by atoms with Crippen LogP contribution in [0.1, 0.15) is 30.0 Å². The molecule has 12 heteroatoms. The van der Waals surface area contributed by atoms with Crippen LogP contribution >= 0.6 is 43.5 Å². The molecule has 0 saturated carbocycles. The standard InChI is InChI=1S/C17H13Br2ClF3NO.HNO2S/c1-2-16(14-8-13(20)3-4-15(14)17(21,22)23)24-25-9-10-5-11(18)7-12(19)6-10;1-4(2)3/h3-8H,2,9H2,1H3;1H/b24-16+;. The Kier molecular flexibility index (Phi) is 10.3. The van der Waals surface area contributed by atoms with E-state index in [4.69, 9.17) is 29.6 Å². The first-order chi connectivity index (χ1) is 13.4. The molecule has 158 valence electrons. The Morgan fingerprint density at radius 2 is 1.72 bits per heavy atom. The van der Waals surface area contributed by atoms with Gasteiger partial charge in [-0.3, -0.25) is 0 Å². The molecular formula is C17H14Br2ClF3N2O3S. The van der Waals surface area contributed by atoms with Crippen molar-refractivity contribution in [1.29, 1.82) is 4.78 Å². The van der Waals surface area contributed by atoms with Crippen molar-refractivity contribution in [2.75, 3.05) is 0 Å². The van der Waals surface area contributed by atoms with Crippen molar-refractivity contribution in [3.05, 3.63) is 67.1 Å². The second kappa shape index (κ2) is 11.7. The smallest absolute Gasteiger partial charge is 0.391 e. The topological polar surface area (TPSA) is 79.6 Å². The molecule has 0 aromatic heterocycles. The summed E-state index contributed by atoms with van der Waals surface area (Å²) in [5.74, 6) is 0. The van der Waals surface area contributed by atoms with E-state index >= 15 is 0 Å². The van der Waals surface area contributed by atoms with Gasteiger partial charge in [0, 0.05) is 19.5 Å². The van der Waals surface area contributed by atoms with Gasteiger partial charge >= 0.3 is 16.7 Å². The molecule has 0 amide bonds. The Morgan fingerprint density at radius 1 is 1.17 bits per heavy atom. The second-order valence-electron chi connectivity index (χ2n) is 5.37. The summed E-state index contributed by atoms with van der Waals surface area (Å²) in [6.07, 6.45) is -4.23.